The molecular weight excluding hydrogens is 266 g/mol. The van der Waals surface area contributed by atoms with Crippen LogP contribution in [-0.2, 0) is 14.8 Å². The van der Waals surface area contributed by atoms with Gasteiger partial charge in [-0.2, -0.15) is 5.26 Å². The van der Waals surface area contributed by atoms with E-state index in [0.717, 1.165) is 6.42 Å². The summed E-state index contributed by atoms with van der Waals surface area (Å²) in [5.74, 6) is 0. The summed E-state index contributed by atoms with van der Waals surface area (Å²) in [6, 6.07) is 6.02. The molecule has 0 aliphatic rings. The van der Waals surface area contributed by atoms with Gasteiger partial charge in [0.2, 0.25) is 10.0 Å². The third-order valence-electron chi connectivity index (χ3n) is 2.50. The van der Waals surface area contributed by atoms with Crippen LogP contribution < -0.4 is 10.5 Å². The number of nitriles is 1. The van der Waals surface area contributed by atoms with E-state index in [-0.39, 0.29) is 10.6 Å². The van der Waals surface area contributed by atoms with E-state index in [2.05, 4.69) is 4.72 Å². The highest BCUT2D eigenvalue weighted by atomic mass is 32.2. The molecule has 0 unspecified atom stereocenters. The third-order valence-corrected chi connectivity index (χ3v) is 4.03. The highest BCUT2D eigenvalue weighted by Gasteiger charge is 2.16. The minimum absolute atomic E-state index is 0.00163. The lowest BCUT2D eigenvalue weighted by Gasteiger charge is -2.09. The monoisotopic (exact) mass is 283 g/mol. The number of hydrogen-bond acceptors (Lipinski definition) is 5. The van der Waals surface area contributed by atoms with Crippen LogP contribution in [0.1, 0.15) is 18.4 Å². The van der Waals surface area contributed by atoms with Gasteiger partial charge in [0.25, 0.3) is 0 Å². The normalized spacial score (nSPS) is 11.2. The van der Waals surface area contributed by atoms with Crippen LogP contribution in [0.4, 0.5) is 5.69 Å². The minimum Gasteiger partial charge on any atom is -0.398 e. The van der Waals surface area contributed by atoms with Crippen molar-refractivity contribution in [1.82, 2.24) is 4.72 Å². The van der Waals surface area contributed by atoms with Gasteiger partial charge in [0.1, 0.15) is 4.90 Å². The van der Waals surface area contributed by atoms with Gasteiger partial charge in [-0.3, -0.25) is 0 Å². The van der Waals surface area contributed by atoms with Crippen LogP contribution in [0, 0.1) is 11.3 Å². The number of ether oxygens (including phenoxy) is 1. The van der Waals surface area contributed by atoms with Crippen molar-refractivity contribution >= 4 is 15.7 Å². The molecule has 0 atom stereocenters. The molecule has 19 heavy (non-hydrogen) atoms. The van der Waals surface area contributed by atoms with Crippen LogP contribution in [0.15, 0.2) is 23.1 Å². The van der Waals surface area contributed by atoms with E-state index in [4.69, 9.17) is 15.7 Å². The summed E-state index contributed by atoms with van der Waals surface area (Å²) in [6.07, 6.45) is 1.46. The van der Waals surface area contributed by atoms with Crippen LogP contribution >= 0.6 is 0 Å². The van der Waals surface area contributed by atoms with E-state index in [1.807, 2.05) is 6.07 Å². The molecule has 1 aromatic rings. The van der Waals surface area contributed by atoms with E-state index in [1.54, 1.807) is 7.11 Å². The number of benzene rings is 1. The maximum absolute atomic E-state index is 12.0. The molecule has 104 valence electrons. The first kappa shape index (κ1) is 15.4. The van der Waals surface area contributed by atoms with Crippen molar-refractivity contribution in [2.24, 2.45) is 0 Å². The summed E-state index contributed by atoms with van der Waals surface area (Å²) < 4.78 is 31.3. The van der Waals surface area contributed by atoms with Gasteiger partial charge in [-0.1, -0.05) is 0 Å². The van der Waals surface area contributed by atoms with E-state index in [0.29, 0.717) is 25.1 Å². The summed E-state index contributed by atoms with van der Waals surface area (Å²) in [5, 5.41) is 8.70. The third kappa shape index (κ3) is 4.52. The Hall–Kier alpha value is -1.62. The van der Waals surface area contributed by atoms with E-state index in [9.17, 15) is 8.42 Å². The van der Waals surface area contributed by atoms with E-state index in [1.165, 1.54) is 18.2 Å². The van der Waals surface area contributed by atoms with Crippen LogP contribution in [0.5, 0.6) is 0 Å². The molecule has 0 aliphatic heterocycles. The van der Waals surface area contributed by atoms with Gasteiger partial charge in [0.05, 0.1) is 17.3 Å². The number of methoxy groups -OCH3 is 1. The Kier molecular flexibility index (Phi) is 5.76. The highest BCUT2D eigenvalue weighted by molar-refractivity contribution is 7.89. The predicted octanol–water partition coefficient (Wildman–Crippen LogP) is 0.845. The molecule has 0 saturated carbocycles. The molecule has 1 rings (SSSR count). The lowest BCUT2D eigenvalue weighted by Crippen LogP contribution is -2.25. The van der Waals surface area contributed by atoms with Crippen molar-refractivity contribution in [3.63, 3.8) is 0 Å². The molecule has 0 radical (unpaired) electrons. The molecule has 0 bridgehead atoms. The second kappa shape index (κ2) is 7.09. The fourth-order valence-corrected chi connectivity index (χ4v) is 2.70. The number of rotatable bonds is 7. The average Bonchev–Trinajstić information content (AvgIpc) is 2.37. The van der Waals surface area contributed by atoms with Crippen molar-refractivity contribution in [2.75, 3.05) is 26.0 Å². The maximum atomic E-state index is 12.0. The SMILES string of the molecule is COCCCCNS(=O)(=O)c1ccc(C#N)cc1N. The summed E-state index contributed by atoms with van der Waals surface area (Å²) in [6.45, 7) is 0.922. The van der Waals surface area contributed by atoms with Gasteiger partial charge in [0.15, 0.2) is 0 Å². The van der Waals surface area contributed by atoms with Crippen LogP contribution in [0.3, 0.4) is 0 Å². The molecule has 0 heterocycles. The highest BCUT2D eigenvalue weighted by Crippen LogP contribution is 2.19. The fourth-order valence-electron chi connectivity index (χ4n) is 1.52. The zero-order valence-corrected chi connectivity index (χ0v) is 11.5. The molecule has 6 nitrogen and oxygen atoms in total. The second-order valence-electron chi connectivity index (χ2n) is 3.96. The average molecular weight is 283 g/mol. The number of nitrogen functional groups attached to an aromatic ring is 1. The molecule has 1 aromatic carbocycles. The first-order valence-electron chi connectivity index (χ1n) is 5.79. The summed E-state index contributed by atoms with van der Waals surface area (Å²) in [5.41, 5.74) is 6.05. The Labute approximate surface area is 113 Å². The number of nitrogens with two attached hydrogens (primary N) is 1. The zero-order chi connectivity index (χ0) is 14.3. The lowest BCUT2D eigenvalue weighted by molar-refractivity contribution is 0.193. The van der Waals surface area contributed by atoms with Crippen LogP contribution in [0.25, 0.3) is 0 Å². The number of nitrogens with one attached hydrogen (secondary N) is 1. The van der Waals surface area contributed by atoms with Gasteiger partial charge in [-0.15, -0.1) is 0 Å². The summed E-state index contributed by atoms with van der Waals surface area (Å²) in [7, 11) is -2.03. The smallest absolute Gasteiger partial charge is 0.242 e. The quantitative estimate of drug-likeness (QED) is 0.570. The topological polar surface area (TPSA) is 105 Å². The van der Waals surface area contributed by atoms with E-state index < -0.39 is 10.0 Å². The van der Waals surface area contributed by atoms with Gasteiger partial charge >= 0.3 is 0 Å². The predicted molar refractivity (Wildman–Crippen MR) is 71.9 cm³/mol. The number of nitrogens with zero attached hydrogens (tertiary/aromatic N) is 1. The molecule has 0 spiro atoms. The zero-order valence-electron chi connectivity index (χ0n) is 10.7. The molecule has 0 aliphatic carbocycles. The minimum atomic E-state index is -3.63. The molecule has 0 aromatic heterocycles. The van der Waals surface area contributed by atoms with Crippen molar-refractivity contribution in [3.8, 4) is 6.07 Å². The van der Waals surface area contributed by atoms with Crippen molar-refractivity contribution in [3.05, 3.63) is 23.8 Å². The fraction of sp³-hybridized carbons (Fsp3) is 0.417. The number of anilines is 1. The van der Waals surface area contributed by atoms with Gasteiger partial charge < -0.3 is 10.5 Å². The first-order valence-corrected chi connectivity index (χ1v) is 7.28. The summed E-state index contributed by atoms with van der Waals surface area (Å²) in [4.78, 5) is -0.00163. The Morgan fingerprint density at radius 1 is 1.42 bits per heavy atom. The Bertz CT molecular complexity index is 564. The molecule has 3 N–H and O–H groups in total. The number of unbranched alkanes of at least 4 members (excludes halogenated alkanes) is 1. The Balaban J connectivity index is 2.70. The second-order valence-corrected chi connectivity index (χ2v) is 5.70. The number of hydrogen-bond donors (Lipinski definition) is 2. The van der Waals surface area contributed by atoms with Crippen molar-refractivity contribution < 1.29 is 13.2 Å². The molecule has 7 heteroatoms. The standard InChI is InChI=1S/C12H17N3O3S/c1-18-7-3-2-6-15-19(16,17)12-5-4-10(9-13)8-11(12)14/h4-5,8,15H,2-3,6-7,14H2,1H3. The number of sulfonamides is 1. The van der Waals surface area contributed by atoms with Gasteiger partial charge in [0, 0.05) is 20.3 Å². The Morgan fingerprint density at radius 2 is 2.16 bits per heavy atom. The van der Waals surface area contributed by atoms with E-state index >= 15 is 0 Å². The van der Waals surface area contributed by atoms with Gasteiger partial charge in [-0.05, 0) is 31.0 Å². The molecule has 0 amide bonds. The maximum Gasteiger partial charge on any atom is 0.242 e. The van der Waals surface area contributed by atoms with Crippen molar-refractivity contribution in [1.29, 1.82) is 5.26 Å². The van der Waals surface area contributed by atoms with Crippen molar-refractivity contribution in [2.45, 2.75) is 17.7 Å². The molecular formula is C12H17N3O3S. The van der Waals surface area contributed by atoms with Gasteiger partial charge in [-0.25, -0.2) is 13.1 Å². The molecule has 0 saturated heterocycles. The lowest BCUT2D eigenvalue weighted by atomic mass is 10.2. The van der Waals surface area contributed by atoms with Crippen LogP contribution in [-0.4, -0.2) is 28.7 Å². The largest absolute Gasteiger partial charge is 0.398 e. The molecule has 0 fully saturated rings. The Morgan fingerprint density at radius 3 is 2.74 bits per heavy atom. The first-order chi connectivity index (χ1) is 9.01. The summed E-state index contributed by atoms with van der Waals surface area (Å²) >= 11 is 0. The van der Waals surface area contributed by atoms with Crippen LogP contribution in [0.2, 0.25) is 0 Å².